The van der Waals surface area contributed by atoms with Gasteiger partial charge in [0, 0.05) is 5.69 Å². The Bertz CT molecular complexity index is 507. The number of piperazine rings is 1. The number of nitrogens with zero attached hydrogens (tertiary/aromatic N) is 1. The Morgan fingerprint density at radius 2 is 2.22 bits per heavy atom. The van der Waals surface area contributed by atoms with Crippen LogP contribution in [0.15, 0.2) is 18.2 Å². The number of nitrogens with one attached hydrogen (secondary N) is 1. The number of amides is 2. The maximum Gasteiger partial charge on any atom is 0.247 e. The second-order valence-electron chi connectivity index (χ2n) is 4.00. The highest BCUT2D eigenvalue weighted by molar-refractivity contribution is 6.30. The molecule has 1 aliphatic heterocycles. The fourth-order valence-corrected chi connectivity index (χ4v) is 2.10. The van der Waals surface area contributed by atoms with E-state index in [4.69, 9.17) is 11.6 Å². The lowest BCUT2D eigenvalue weighted by Gasteiger charge is -2.34. The van der Waals surface area contributed by atoms with Gasteiger partial charge in [0.25, 0.3) is 0 Å². The van der Waals surface area contributed by atoms with Gasteiger partial charge in [-0.3, -0.25) is 14.5 Å². The van der Waals surface area contributed by atoms with Crippen LogP contribution in [0.5, 0.6) is 0 Å². The first-order valence-corrected chi connectivity index (χ1v) is 5.97. The molecule has 2 amide bonds. The lowest BCUT2D eigenvalue weighted by molar-refractivity contribution is -0.131. The molecule has 0 radical (unpaired) electrons. The third-order valence-electron chi connectivity index (χ3n) is 2.86. The number of hydrogen-bond donors (Lipinski definition) is 1. The Balaban J connectivity index is 2.41. The monoisotopic (exact) mass is 270 g/mol. The van der Waals surface area contributed by atoms with Crippen LogP contribution in [-0.4, -0.2) is 24.4 Å². The number of benzene rings is 1. The summed E-state index contributed by atoms with van der Waals surface area (Å²) in [4.78, 5) is 24.9. The van der Waals surface area contributed by atoms with E-state index in [0.717, 1.165) is 0 Å². The number of hydrogen-bond acceptors (Lipinski definition) is 2. The number of halogens is 2. The molecule has 0 aromatic heterocycles. The van der Waals surface area contributed by atoms with Crippen molar-refractivity contribution in [3.8, 4) is 0 Å². The Morgan fingerprint density at radius 3 is 2.83 bits per heavy atom. The van der Waals surface area contributed by atoms with Gasteiger partial charge in [0.05, 0.1) is 11.6 Å². The van der Waals surface area contributed by atoms with E-state index in [9.17, 15) is 14.0 Å². The molecule has 18 heavy (non-hydrogen) atoms. The van der Waals surface area contributed by atoms with Gasteiger partial charge in [0.2, 0.25) is 11.8 Å². The van der Waals surface area contributed by atoms with E-state index in [1.165, 1.54) is 23.1 Å². The smallest absolute Gasteiger partial charge is 0.247 e. The summed E-state index contributed by atoms with van der Waals surface area (Å²) in [6.07, 6.45) is 0.460. The second-order valence-corrected chi connectivity index (χ2v) is 4.41. The van der Waals surface area contributed by atoms with Crippen LogP contribution in [0.2, 0.25) is 5.02 Å². The molecule has 6 heteroatoms. The summed E-state index contributed by atoms with van der Waals surface area (Å²) >= 11 is 5.60. The molecule has 1 aliphatic rings. The summed E-state index contributed by atoms with van der Waals surface area (Å²) in [5.41, 5.74) is 0.351. The van der Waals surface area contributed by atoms with Crippen molar-refractivity contribution < 1.29 is 14.0 Å². The van der Waals surface area contributed by atoms with Crippen molar-refractivity contribution in [1.82, 2.24) is 5.32 Å². The number of anilines is 1. The molecule has 1 heterocycles. The van der Waals surface area contributed by atoms with Gasteiger partial charge < -0.3 is 5.32 Å². The average molecular weight is 271 g/mol. The van der Waals surface area contributed by atoms with Crippen LogP contribution in [0.25, 0.3) is 0 Å². The second kappa shape index (κ2) is 4.94. The van der Waals surface area contributed by atoms with Crippen LogP contribution in [0.4, 0.5) is 10.1 Å². The molecule has 1 aromatic rings. The molecule has 96 valence electrons. The Kier molecular flexibility index (Phi) is 3.52. The van der Waals surface area contributed by atoms with E-state index in [1.54, 1.807) is 6.92 Å². The van der Waals surface area contributed by atoms with Crippen molar-refractivity contribution in [2.45, 2.75) is 19.4 Å². The zero-order chi connectivity index (χ0) is 13.3. The van der Waals surface area contributed by atoms with E-state index in [-0.39, 0.29) is 23.4 Å². The molecule has 0 aliphatic carbocycles. The fraction of sp³-hybridized carbons (Fsp3) is 0.333. The number of carbonyl (C=O) groups is 2. The maximum atomic E-state index is 13.4. The first kappa shape index (κ1) is 12.8. The van der Waals surface area contributed by atoms with Crippen molar-refractivity contribution >= 4 is 29.1 Å². The zero-order valence-electron chi connectivity index (χ0n) is 9.74. The molecule has 0 saturated carbocycles. The van der Waals surface area contributed by atoms with Crippen molar-refractivity contribution in [1.29, 1.82) is 0 Å². The van der Waals surface area contributed by atoms with Gasteiger partial charge >= 0.3 is 0 Å². The molecule has 1 aromatic carbocycles. The van der Waals surface area contributed by atoms with Gasteiger partial charge in [0.1, 0.15) is 11.9 Å². The molecule has 1 fully saturated rings. The molecule has 4 nitrogen and oxygen atoms in total. The summed E-state index contributed by atoms with van der Waals surface area (Å²) in [6.45, 7) is 1.72. The molecule has 0 bridgehead atoms. The first-order chi connectivity index (χ1) is 8.54. The quantitative estimate of drug-likeness (QED) is 0.890. The summed E-state index contributed by atoms with van der Waals surface area (Å²) < 4.78 is 13.4. The van der Waals surface area contributed by atoms with Gasteiger partial charge in [-0.1, -0.05) is 18.5 Å². The van der Waals surface area contributed by atoms with Gasteiger partial charge in [-0.25, -0.2) is 4.39 Å². The Labute approximate surface area is 109 Å². The minimum absolute atomic E-state index is 0.0132. The van der Waals surface area contributed by atoms with Crippen LogP contribution >= 0.6 is 11.6 Å². The van der Waals surface area contributed by atoms with E-state index in [1.807, 2.05) is 0 Å². The third-order valence-corrected chi connectivity index (χ3v) is 3.17. The molecule has 2 rings (SSSR count). The molecule has 1 atom stereocenters. The van der Waals surface area contributed by atoms with Crippen LogP contribution in [-0.2, 0) is 9.59 Å². The van der Waals surface area contributed by atoms with Crippen molar-refractivity contribution in [3.05, 3.63) is 29.0 Å². The van der Waals surface area contributed by atoms with Gasteiger partial charge in [0.15, 0.2) is 0 Å². The highest BCUT2D eigenvalue weighted by Crippen LogP contribution is 2.25. The highest BCUT2D eigenvalue weighted by Gasteiger charge is 2.34. The van der Waals surface area contributed by atoms with E-state index in [0.29, 0.717) is 12.1 Å². The van der Waals surface area contributed by atoms with Crippen LogP contribution in [0.1, 0.15) is 13.3 Å². The van der Waals surface area contributed by atoms with Gasteiger partial charge in [-0.05, 0) is 24.6 Å². The van der Waals surface area contributed by atoms with Crippen molar-refractivity contribution in [3.63, 3.8) is 0 Å². The summed E-state index contributed by atoms with van der Waals surface area (Å²) in [7, 11) is 0. The SMILES string of the molecule is CCC1C(=O)NCC(=O)N1c1ccc(Cl)c(F)c1. The van der Waals surface area contributed by atoms with E-state index in [2.05, 4.69) is 5.32 Å². The van der Waals surface area contributed by atoms with Gasteiger partial charge in [-0.15, -0.1) is 0 Å². The minimum Gasteiger partial charge on any atom is -0.345 e. The van der Waals surface area contributed by atoms with Crippen molar-refractivity contribution in [2.75, 3.05) is 11.4 Å². The summed E-state index contributed by atoms with van der Waals surface area (Å²) in [5, 5.41) is 2.50. The van der Waals surface area contributed by atoms with Crippen LogP contribution < -0.4 is 10.2 Å². The number of rotatable bonds is 2. The molecule has 1 N–H and O–H groups in total. The normalized spacial score (nSPS) is 19.9. The van der Waals surface area contributed by atoms with Gasteiger partial charge in [-0.2, -0.15) is 0 Å². The van der Waals surface area contributed by atoms with E-state index >= 15 is 0 Å². The zero-order valence-corrected chi connectivity index (χ0v) is 10.5. The van der Waals surface area contributed by atoms with Crippen molar-refractivity contribution in [2.24, 2.45) is 0 Å². The first-order valence-electron chi connectivity index (χ1n) is 5.59. The topological polar surface area (TPSA) is 49.4 Å². The Morgan fingerprint density at radius 1 is 1.50 bits per heavy atom. The average Bonchev–Trinajstić information content (AvgIpc) is 2.35. The largest absolute Gasteiger partial charge is 0.345 e. The highest BCUT2D eigenvalue weighted by atomic mass is 35.5. The minimum atomic E-state index is -0.609. The van der Waals surface area contributed by atoms with Crippen LogP contribution in [0, 0.1) is 5.82 Å². The Hall–Kier alpha value is -1.62. The van der Waals surface area contributed by atoms with E-state index < -0.39 is 11.9 Å². The number of carbonyl (C=O) groups excluding carboxylic acids is 2. The lowest BCUT2D eigenvalue weighted by Crippen LogP contribution is -2.58. The standard InChI is InChI=1S/C12H12ClFN2O2/c1-2-10-12(18)15-6-11(17)16(10)7-3-4-8(13)9(14)5-7/h3-5,10H,2,6H2,1H3,(H,15,18). The summed E-state index contributed by atoms with van der Waals surface area (Å²) in [6, 6.07) is 3.47. The predicted molar refractivity (Wildman–Crippen MR) is 66.0 cm³/mol. The fourth-order valence-electron chi connectivity index (χ4n) is 1.98. The molecular weight excluding hydrogens is 259 g/mol. The predicted octanol–water partition coefficient (Wildman–Crippen LogP) is 1.72. The summed E-state index contributed by atoms with van der Waals surface area (Å²) in [5.74, 6) is -1.10. The van der Waals surface area contributed by atoms with Crippen LogP contribution in [0.3, 0.4) is 0 Å². The third kappa shape index (κ3) is 2.18. The lowest BCUT2D eigenvalue weighted by atomic mass is 10.1. The maximum absolute atomic E-state index is 13.4. The molecule has 0 spiro atoms. The molecule has 1 saturated heterocycles. The molecule has 1 unspecified atom stereocenters. The molecular formula is C12H12ClFN2O2.